The van der Waals surface area contributed by atoms with E-state index in [2.05, 4.69) is 29.4 Å². The minimum Gasteiger partial charge on any atom is -0.369 e. The normalized spacial score (nSPS) is 17.0. The van der Waals surface area contributed by atoms with Gasteiger partial charge in [-0.2, -0.15) is 0 Å². The van der Waals surface area contributed by atoms with E-state index in [1.807, 2.05) is 0 Å². The second-order valence-electron chi connectivity index (χ2n) is 2.74. The molecule has 0 radical (unpaired) electrons. The van der Waals surface area contributed by atoms with Crippen LogP contribution in [0.1, 0.15) is 26.2 Å². The van der Waals surface area contributed by atoms with Crippen molar-refractivity contribution in [2.24, 2.45) is 4.99 Å². The van der Waals surface area contributed by atoms with Crippen molar-refractivity contribution in [1.82, 2.24) is 5.32 Å². The van der Waals surface area contributed by atoms with Gasteiger partial charge in [-0.1, -0.05) is 25.8 Å². The number of hydrogen-bond acceptors (Lipinski definition) is 2. The Kier molecular flexibility index (Phi) is 3.73. The number of unbranched alkanes of at least 4 members (excludes halogenated alkanes) is 2. The first-order chi connectivity index (χ1) is 5.43. The molecule has 1 aliphatic rings. The number of allylic oxidation sites excluding steroid dienone is 1. The van der Waals surface area contributed by atoms with Crippen LogP contribution < -0.4 is 5.32 Å². The maximum Gasteiger partial charge on any atom is 0.120 e. The molecule has 0 bridgehead atoms. The molecule has 0 spiro atoms. The first-order valence-electron chi connectivity index (χ1n) is 4.38. The Morgan fingerprint density at radius 3 is 3.18 bits per heavy atom. The summed E-state index contributed by atoms with van der Waals surface area (Å²) in [5.74, 6) is 1.06. The van der Waals surface area contributed by atoms with Gasteiger partial charge in [0.05, 0.1) is 6.54 Å². The Labute approximate surface area is 68.4 Å². The van der Waals surface area contributed by atoms with Crippen molar-refractivity contribution in [3.63, 3.8) is 0 Å². The molecule has 0 unspecified atom stereocenters. The van der Waals surface area contributed by atoms with Crippen LogP contribution in [0.2, 0.25) is 0 Å². The van der Waals surface area contributed by atoms with Gasteiger partial charge < -0.3 is 5.32 Å². The summed E-state index contributed by atoms with van der Waals surface area (Å²) in [6.45, 7) is 4.15. The SMILES string of the molecule is CCCC/C=C/C1=NCCN1. The fourth-order valence-corrected chi connectivity index (χ4v) is 1.04. The van der Waals surface area contributed by atoms with E-state index < -0.39 is 0 Å². The van der Waals surface area contributed by atoms with Gasteiger partial charge in [0, 0.05) is 6.54 Å². The lowest BCUT2D eigenvalue weighted by molar-refractivity contribution is 0.815. The third kappa shape index (κ3) is 3.21. The number of nitrogens with zero attached hydrogens (tertiary/aromatic N) is 1. The summed E-state index contributed by atoms with van der Waals surface area (Å²) >= 11 is 0. The first kappa shape index (κ1) is 8.31. The van der Waals surface area contributed by atoms with E-state index in [1.54, 1.807) is 0 Å². The van der Waals surface area contributed by atoms with Crippen molar-refractivity contribution >= 4 is 5.84 Å². The first-order valence-corrected chi connectivity index (χ1v) is 4.38. The monoisotopic (exact) mass is 152 g/mol. The summed E-state index contributed by atoms with van der Waals surface area (Å²) < 4.78 is 0. The van der Waals surface area contributed by atoms with Crippen molar-refractivity contribution in [1.29, 1.82) is 0 Å². The Balaban J connectivity index is 2.13. The van der Waals surface area contributed by atoms with E-state index in [1.165, 1.54) is 19.3 Å². The number of aliphatic imine (C=N–C) groups is 1. The molecule has 2 nitrogen and oxygen atoms in total. The van der Waals surface area contributed by atoms with Crippen LogP contribution in [0.4, 0.5) is 0 Å². The molecule has 1 aliphatic heterocycles. The van der Waals surface area contributed by atoms with Gasteiger partial charge >= 0.3 is 0 Å². The Morgan fingerprint density at radius 2 is 2.55 bits per heavy atom. The lowest BCUT2D eigenvalue weighted by atomic mass is 10.2. The third-order valence-corrected chi connectivity index (χ3v) is 1.70. The van der Waals surface area contributed by atoms with Gasteiger partial charge in [0.15, 0.2) is 0 Å². The number of rotatable bonds is 4. The molecule has 0 fully saturated rings. The second-order valence-corrected chi connectivity index (χ2v) is 2.74. The molecule has 0 amide bonds. The summed E-state index contributed by atoms with van der Waals surface area (Å²) in [6.07, 6.45) is 8.01. The van der Waals surface area contributed by atoms with Gasteiger partial charge in [0.2, 0.25) is 0 Å². The molecule has 2 heteroatoms. The average molecular weight is 152 g/mol. The fourth-order valence-electron chi connectivity index (χ4n) is 1.04. The summed E-state index contributed by atoms with van der Waals surface area (Å²) in [6, 6.07) is 0. The zero-order chi connectivity index (χ0) is 7.94. The zero-order valence-electron chi connectivity index (χ0n) is 7.14. The topological polar surface area (TPSA) is 24.4 Å². The molecule has 0 aliphatic carbocycles. The molecule has 0 aromatic carbocycles. The van der Waals surface area contributed by atoms with Crippen molar-refractivity contribution in [3.05, 3.63) is 12.2 Å². The molecule has 0 atom stereocenters. The van der Waals surface area contributed by atoms with Crippen LogP contribution >= 0.6 is 0 Å². The number of hydrogen-bond donors (Lipinski definition) is 1. The lowest BCUT2D eigenvalue weighted by Gasteiger charge is -1.92. The highest BCUT2D eigenvalue weighted by Crippen LogP contribution is 1.95. The van der Waals surface area contributed by atoms with Crippen molar-refractivity contribution in [2.45, 2.75) is 26.2 Å². The van der Waals surface area contributed by atoms with Crippen LogP contribution in [0.5, 0.6) is 0 Å². The highest BCUT2D eigenvalue weighted by atomic mass is 15.1. The smallest absolute Gasteiger partial charge is 0.120 e. The van der Waals surface area contributed by atoms with E-state index >= 15 is 0 Å². The summed E-state index contributed by atoms with van der Waals surface area (Å²) in [5, 5.41) is 3.20. The zero-order valence-corrected chi connectivity index (χ0v) is 7.14. The van der Waals surface area contributed by atoms with Gasteiger partial charge in [0.25, 0.3) is 0 Å². The van der Waals surface area contributed by atoms with E-state index in [0.29, 0.717) is 0 Å². The predicted octanol–water partition coefficient (Wildman–Crippen LogP) is 1.73. The van der Waals surface area contributed by atoms with Gasteiger partial charge in [-0.3, -0.25) is 4.99 Å². The molecule has 1 rings (SSSR count). The summed E-state index contributed by atoms with van der Waals surface area (Å²) in [7, 11) is 0. The highest BCUT2D eigenvalue weighted by Gasteiger charge is 1.97. The maximum atomic E-state index is 4.25. The molecule has 0 saturated heterocycles. The molecule has 0 aromatic rings. The predicted molar refractivity (Wildman–Crippen MR) is 49.0 cm³/mol. The molecule has 1 N–H and O–H groups in total. The van der Waals surface area contributed by atoms with Crippen LogP contribution in [0.25, 0.3) is 0 Å². The Bertz CT molecular complexity index is 159. The van der Waals surface area contributed by atoms with Crippen molar-refractivity contribution < 1.29 is 0 Å². The van der Waals surface area contributed by atoms with Gasteiger partial charge in [-0.25, -0.2) is 0 Å². The number of amidine groups is 1. The highest BCUT2D eigenvalue weighted by molar-refractivity contribution is 5.93. The molecule has 1 heterocycles. The summed E-state index contributed by atoms with van der Waals surface area (Å²) in [4.78, 5) is 4.25. The lowest BCUT2D eigenvalue weighted by Crippen LogP contribution is -2.15. The van der Waals surface area contributed by atoms with Crippen LogP contribution in [0, 0.1) is 0 Å². The Hall–Kier alpha value is -0.790. The van der Waals surface area contributed by atoms with E-state index in [4.69, 9.17) is 0 Å². The molecule has 0 aromatic heterocycles. The quantitative estimate of drug-likeness (QED) is 0.610. The van der Waals surface area contributed by atoms with E-state index in [0.717, 1.165) is 18.9 Å². The van der Waals surface area contributed by atoms with Gasteiger partial charge in [-0.15, -0.1) is 0 Å². The van der Waals surface area contributed by atoms with Crippen LogP contribution in [-0.2, 0) is 0 Å². The number of nitrogens with one attached hydrogen (secondary N) is 1. The minimum absolute atomic E-state index is 0.938. The molecule has 62 valence electrons. The second kappa shape index (κ2) is 4.94. The van der Waals surface area contributed by atoms with Crippen LogP contribution in [0.3, 0.4) is 0 Å². The van der Waals surface area contributed by atoms with Gasteiger partial charge in [-0.05, 0) is 12.5 Å². The third-order valence-electron chi connectivity index (χ3n) is 1.70. The van der Waals surface area contributed by atoms with Crippen LogP contribution in [0.15, 0.2) is 17.1 Å². The van der Waals surface area contributed by atoms with Crippen LogP contribution in [-0.4, -0.2) is 18.9 Å². The molecular weight excluding hydrogens is 136 g/mol. The van der Waals surface area contributed by atoms with Crippen molar-refractivity contribution in [2.75, 3.05) is 13.1 Å². The van der Waals surface area contributed by atoms with E-state index in [9.17, 15) is 0 Å². The molecular formula is C9H16N2. The Morgan fingerprint density at radius 1 is 1.64 bits per heavy atom. The van der Waals surface area contributed by atoms with E-state index in [-0.39, 0.29) is 0 Å². The fraction of sp³-hybridized carbons (Fsp3) is 0.667. The molecule has 0 saturated carbocycles. The molecule has 11 heavy (non-hydrogen) atoms. The minimum atomic E-state index is 0.938. The summed E-state index contributed by atoms with van der Waals surface area (Å²) in [5.41, 5.74) is 0. The standard InChI is InChI=1S/C9H16N2/c1-2-3-4-5-6-9-10-7-8-11-9/h5-6H,2-4,7-8H2,1H3,(H,10,11)/b6-5+. The van der Waals surface area contributed by atoms with Gasteiger partial charge in [0.1, 0.15) is 5.84 Å². The average Bonchev–Trinajstić information content (AvgIpc) is 2.50. The maximum absolute atomic E-state index is 4.25. The largest absolute Gasteiger partial charge is 0.369 e. The van der Waals surface area contributed by atoms with Crippen molar-refractivity contribution in [3.8, 4) is 0 Å².